The summed E-state index contributed by atoms with van der Waals surface area (Å²) in [6.07, 6.45) is 0. The lowest BCUT2D eigenvalue weighted by Crippen LogP contribution is -2.11. The molecule has 0 saturated carbocycles. The van der Waals surface area contributed by atoms with E-state index in [1.807, 2.05) is 24.4 Å². The van der Waals surface area contributed by atoms with Gasteiger partial charge in [-0.2, -0.15) is 0 Å². The zero-order valence-electron chi connectivity index (χ0n) is 16.9. The van der Waals surface area contributed by atoms with E-state index in [0.717, 1.165) is 16.2 Å². The number of nitrogens with one attached hydrogen (secondary N) is 2. The first-order valence-corrected chi connectivity index (χ1v) is 11.4. The average Bonchev–Trinajstić information content (AvgIpc) is 3.45. The van der Waals surface area contributed by atoms with Gasteiger partial charge >= 0.3 is 0 Å². The lowest BCUT2D eigenvalue weighted by molar-refractivity contribution is 0.101. The molecule has 0 aliphatic heterocycles. The first-order valence-electron chi connectivity index (χ1n) is 9.69. The monoisotopic (exact) mass is 467 g/mol. The number of carbonyl (C=O) groups excluding carboxylic acids is 2. The van der Waals surface area contributed by atoms with Crippen molar-refractivity contribution in [3.05, 3.63) is 83.0 Å². The number of hydrogen-bond donors (Lipinski definition) is 2. The highest BCUT2D eigenvalue weighted by molar-refractivity contribution is 7.21. The number of thiophene rings is 1. The van der Waals surface area contributed by atoms with Crippen molar-refractivity contribution in [3.63, 3.8) is 0 Å². The maximum Gasteiger partial charge on any atom is 0.257 e. The van der Waals surface area contributed by atoms with Crippen LogP contribution in [0.5, 0.6) is 5.75 Å². The molecule has 2 amide bonds. The number of benzene rings is 2. The molecule has 4 aromatic rings. The molecular weight excluding hydrogens is 449 g/mol. The molecule has 0 aliphatic carbocycles. The molecule has 2 aromatic heterocycles. The summed E-state index contributed by atoms with van der Waals surface area (Å²) < 4.78 is 18.6. The Morgan fingerprint density at radius 2 is 1.62 bits per heavy atom. The van der Waals surface area contributed by atoms with E-state index in [0.29, 0.717) is 39.3 Å². The highest BCUT2D eigenvalue weighted by Gasteiger charge is 2.19. The average molecular weight is 468 g/mol. The number of halogens is 1. The number of aromatic nitrogens is 1. The zero-order chi connectivity index (χ0) is 22.5. The molecule has 2 N–H and O–H groups in total. The van der Waals surface area contributed by atoms with Gasteiger partial charge in [0.1, 0.15) is 22.3 Å². The molecule has 2 heterocycles. The van der Waals surface area contributed by atoms with Gasteiger partial charge in [0.2, 0.25) is 0 Å². The second-order valence-electron chi connectivity index (χ2n) is 6.55. The van der Waals surface area contributed by atoms with Crippen LogP contribution in [0, 0.1) is 5.82 Å². The normalized spacial score (nSPS) is 10.6. The van der Waals surface area contributed by atoms with Crippen LogP contribution in [0.25, 0.3) is 10.6 Å². The SMILES string of the molecule is CCOc1ccc(C(=O)Nc2nc(-c3cccs3)c(NC(=O)c3ccc(F)cc3)s2)cc1. The predicted molar refractivity (Wildman–Crippen MR) is 125 cm³/mol. The van der Waals surface area contributed by atoms with Gasteiger partial charge in [0, 0.05) is 11.1 Å². The van der Waals surface area contributed by atoms with E-state index < -0.39 is 11.7 Å². The fraction of sp³-hybridized carbons (Fsp3) is 0.0870. The standard InChI is InChI=1S/C23H18FN3O3S2/c1-2-30-17-11-7-15(8-12-17)21(29)27-23-25-19(18-4-3-13-31-18)22(32-23)26-20(28)14-5-9-16(24)10-6-14/h3-13H,2H2,1H3,(H,26,28)(H,25,27,29). The van der Waals surface area contributed by atoms with Crippen molar-refractivity contribution in [3.8, 4) is 16.3 Å². The van der Waals surface area contributed by atoms with Crippen molar-refractivity contribution in [2.24, 2.45) is 0 Å². The number of anilines is 2. The van der Waals surface area contributed by atoms with Crippen LogP contribution in [0.1, 0.15) is 27.6 Å². The van der Waals surface area contributed by atoms with E-state index in [4.69, 9.17) is 4.74 Å². The van der Waals surface area contributed by atoms with E-state index in [9.17, 15) is 14.0 Å². The third-order valence-corrected chi connectivity index (χ3v) is 6.13. The summed E-state index contributed by atoms with van der Waals surface area (Å²) in [5.41, 5.74) is 1.33. The van der Waals surface area contributed by atoms with Crippen molar-refractivity contribution in [2.45, 2.75) is 6.92 Å². The maximum atomic E-state index is 13.2. The van der Waals surface area contributed by atoms with Crippen LogP contribution < -0.4 is 15.4 Å². The summed E-state index contributed by atoms with van der Waals surface area (Å²) in [5, 5.41) is 8.35. The van der Waals surface area contributed by atoms with Gasteiger partial charge in [0.15, 0.2) is 5.13 Å². The van der Waals surface area contributed by atoms with Crippen LogP contribution in [0.3, 0.4) is 0 Å². The molecule has 4 rings (SSSR count). The van der Waals surface area contributed by atoms with Crippen LogP contribution in [-0.4, -0.2) is 23.4 Å². The lowest BCUT2D eigenvalue weighted by Gasteiger charge is -2.05. The predicted octanol–water partition coefficient (Wildman–Crippen LogP) is 5.91. The fourth-order valence-corrected chi connectivity index (χ4v) is 4.51. The van der Waals surface area contributed by atoms with Crippen molar-refractivity contribution < 1.29 is 18.7 Å². The van der Waals surface area contributed by atoms with Crippen molar-refractivity contribution in [1.82, 2.24) is 4.98 Å². The number of thiazole rings is 1. The topological polar surface area (TPSA) is 80.3 Å². The van der Waals surface area contributed by atoms with Gasteiger partial charge in [0.05, 0.1) is 11.5 Å². The summed E-state index contributed by atoms with van der Waals surface area (Å²) >= 11 is 2.62. The summed E-state index contributed by atoms with van der Waals surface area (Å²) in [6, 6.07) is 15.8. The smallest absolute Gasteiger partial charge is 0.257 e. The Bertz CT molecular complexity index is 1220. The van der Waals surface area contributed by atoms with E-state index in [1.165, 1.54) is 35.6 Å². The quantitative estimate of drug-likeness (QED) is 0.354. The molecule has 9 heteroatoms. The Morgan fingerprint density at radius 1 is 0.969 bits per heavy atom. The van der Waals surface area contributed by atoms with Gasteiger partial charge in [-0.25, -0.2) is 9.37 Å². The molecule has 0 unspecified atom stereocenters. The van der Waals surface area contributed by atoms with E-state index in [-0.39, 0.29) is 5.91 Å². The largest absolute Gasteiger partial charge is 0.494 e. The molecule has 0 bridgehead atoms. The minimum absolute atomic E-state index is 0.317. The Kier molecular flexibility index (Phi) is 6.58. The molecule has 162 valence electrons. The molecule has 0 atom stereocenters. The second kappa shape index (κ2) is 9.71. The molecule has 0 spiro atoms. The van der Waals surface area contributed by atoms with Gasteiger partial charge in [-0.05, 0) is 66.9 Å². The minimum Gasteiger partial charge on any atom is -0.494 e. The van der Waals surface area contributed by atoms with E-state index >= 15 is 0 Å². The fourth-order valence-electron chi connectivity index (χ4n) is 2.85. The Labute approximate surface area is 191 Å². The minimum atomic E-state index is -0.419. The van der Waals surface area contributed by atoms with E-state index in [1.54, 1.807) is 24.3 Å². The van der Waals surface area contributed by atoms with Crippen molar-refractivity contribution in [2.75, 3.05) is 17.2 Å². The van der Waals surface area contributed by atoms with Crippen LogP contribution in [0.2, 0.25) is 0 Å². The molecule has 6 nitrogen and oxygen atoms in total. The number of carbonyl (C=O) groups is 2. The first kappa shape index (κ1) is 21.7. The van der Waals surface area contributed by atoms with Crippen LogP contribution in [0.15, 0.2) is 66.0 Å². The highest BCUT2D eigenvalue weighted by atomic mass is 32.1. The second-order valence-corrected chi connectivity index (χ2v) is 8.49. The number of hydrogen-bond acceptors (Lipinski definition) is 6. The Hall–Kier alpha value is -3.56. The third kappa shape index (κ3) is 5.01. The molecule has 0 saturated heterocycles. The zero-order valence-corrected chi connectivity index (χ0v) is 18.6. The maximum absolute atomic E-state index is 13.2. The molecule has 2 aromatic carbocycles. The van der Waals surface area contributed by atoms with Gasteiger partial charge in [-0.15, -0.1) is 11.3 Å². The third-order valence-electron chi connectivity index (χ3n) is 4.36. The van der Waals surface area contributed by atoms with Gasteiger partial charge in [-0.1, -0.05) is 17.4 Å². The number of ether oxygens (including phenoxy) is 1. The van der Waals surface area contributed by atoms with Crippen LogP contribution in [0.4, 0.5) is 14.5 Å². The molecule has 0 fully saturated rings. The van der Waals surface area contributed by atoms with Crippen molar-refractivity contribution >= 4 is 44.6 Å². The summed E-state index contributed by atoms with van der Waals surface area (Å²) in [5.74, 6) is -0.450. The Morgan fingerprint density at radius 3 is 2.25 bits per heavy atom. The summed E-state index contributed by atoms with van der Waals surface area (Å²) in [7, 11) is 0. The molecule has 32 heavy (non-hydrogen) atoms. The summed E-state index contributed by atoms with van der Waals surface area (Å²) in [6.45, 7) is 2.43. The highest BCUT2D eigenvalue weighted by Crippen LogP contribution is 2.38. The molecule has 0 radical (unpaired) electrons. The van der Waals surface area contributed by atoms with Crippen molar-refractivity contribution in [1.29, 1.82) is 0 Å². The van der Waals surface area contributed by atoms with E-state index in [2.05, 4.69) is 15.6 Å². The number of nitrogens with zero attached hydrogens (tertiary/aromatic N) is 1. The van der Waals surface area contributed by atoms with Crippen LogP contribution in [-0.2, 0) is 0 Å². The van der Waals surface area contributed by atoms with Gasteiger partial charge in [0.25, 0.3) is 11.8 Å². The lowest BCUT2D eigenvalue weighted by atomic mass is 10.2. The van der Waals surface area contributed by atoms with Gasteiger partial charge < -0.3 is 10.1 Å². The number of amides is 2. The Balaban J connectivity index is 1.56. The number of rotatable bonds is 7. The molecular formula is C23H18FN3O3S2. The first-order chi connectivity index (χ1) is 15.5. The molecule has 0 aliphatic rings. The summed E-state index contributed by atoms with van der Waals surface area (Å²) in [4.78, 5) is 30.7. The van der Waals surface area contributed by atoms with Gasteiger partial charge in [-0.3, -0.25) is 14.9 Å². The van der Waals surface area contributed by atoms with Crippen LogP contribution >= 0.6 is 22.7 Å².